The van der Waals surface area contributed by atoms with Gasteiger partial charge in [-0.25, -0.2) is 0 Å². The molecule has 0 fully saturated rings. The Labute approximate surface area is 77.5 Å². The molecule has 0 N–H and O–H groups in total. The summed E-state index contributed by atoms with van der Waals surface area (Å²) in [4.78, 5) is 0. The molecule has 0 atom stereocenters. The third-order valence-corrected chi connectivity index (χ3v) is 1.55. The maximum Gasteiger partial charge on any atom is 0.146 e. The summed E-state index contributed by atoms with van der Waals surface area (Å²) in [5.41, 5.74) is 1.70. The van der Waals surface area contributed by atoms with Crippen LogP contribution in [0.2, 0.25) is 0 Å². The van der Waals surface area contributed by atoms with E-state index in [0.29, 0.717) is 19.0 Å². The fourth-order valence-corrected chi connectivity index (χ4v) is 0.918. The van der Waals surface area contributed by atoms with Crippen molar-refractivity contribution in [2.45, 2.75) is 6.61 Å². The predicted molar refractivity (Wildman–Crippen MR) is 47.8 cm³/mol. The summed E-state index contributed by atoms with van der Waals surface area (Å²) in [6, 6.07) is 9.33. The van der Waals surface area contributed by atoms with Crippen LogP contribution in [0.4, 0.5) is 0 Å². The first-order chi connectivity index (χ1) is 6.36. The van der Waals surface area contributed by atoms with Gasteiger partial charge in [0, 0.05) is 7.11 Å². The summed E-state index contributed by atoms with van der Waals surface area (Å²) in [5.74, 6) is 0. The minimum atomic E-state index is 0.292. The van der Waals surface area contributed by atoms with Gasteiger partial charge >= 0.3 is 0 Å². The molecule has 0 unspecified atom stereocenters. The van der Waals surface area contributed by atoms with Crippen LogP contribution in [0.25, 0.3) is 0 Å². The average molecular weight is 177 g/mol. The van der Waals surface area contributed by atoms with E-state index in [2.05, 4.69) is 6.07 Å². The molecule has 1 rings (SSSR count). The lowest BCUT2D eigenvalue weighted by Gasteiger charge is -2.02. The van der Waals surface area contributed by atoms with E-state index in [9.17, 15) is 0 Å². The van der Waals surface area contributed by atoms with E-state index in [1.165, 1.54) is 0 Å². The Kier molecular flexibility index (Phi) is 3.97. The number of methoxy groups -OCH3 is 1. The molecule has 3 heteroatoms. The summed E-state index contributed by atoms with van der Waals surface area (Å²) < 4.78 is 9.87. The molecule has 68 valence electrons. The Bertz CT molecular complexity index is 287. The molecule has 0 heterocycles. The molecule has 0 aliphatic rings. The SMILES string of the molecule is COCOCc1ccc(C#N)cc1. The lowest BCUT2D eigenvalue weighted by Crippen LogP contribution is -1.96. The zero-order chi connectivity index (χ0) is 9.52. The number of hydrogen-bond acceptors (Lipinski definition) is 3. The Morgan fingerprint density at radius 3 is 2.54 bits per heavy atom. The van der Waals surface area contributed by atoms with E-state index in [-0.39, 0.29) is 0 Å². The van der Waals surface area contributed by atoms with Crippen molar-refractivity contribution in [3.05, 3.63) is 35.4 Å². The number of nitrogens with zero attached hydrogens (tertiary/aromatic N) is 1. The summed E-state index contributed by atoms with van der Waals surface area (Å²) in [5, 5.41) is 8.54. The van der Waals surface area contributed by atoms with Crippen molar-refractivity contribution >= 4 is 0 Å². The third-order valence-electron chi connectivity index (χ3n) is 1.55. The van der Waals surface area contributed by atoms with Gasteiger partial charge in [0.1, 0.15) is 6.79 Å². The lowest BCUT2D eigenvalue weighted by atomic mass is 10.2. The standard InChI is InChI=1S/C10H11NO2/c1-12-8-13-7-10-4-2-9(6-11)3-5-10/h2-5H,7-8H2,1H3. The van der Waals surface area contributed by atoms with Crippen molar-refractivity contribution < 1.29 is 9.47 Å². The van der Waals surface area contributed by atoms with E-state index in [1.54, 1.807) is 19.2 Å². The van der Waals surface area contributed by atoms with Crippen molar-refractivity contribution in [3.63, 3.8) is 0 Å². The molecule has 0 amide bonds. The molecule has 0 aromatic heterocycles. The molecule has 3 nitrogen and oxygen atoms in total. The smallest absolute Gasteiger partial charge is 0.146 e. The lowest BCUT2D eigenvalue weighted by molar-refractivity contribution is -0.0390. The second-order valence-corrected chi connectivity index (χ2v) is 2.56. The Balaban J connectivity index is 2.46. The van der Waals surface area contributed by atoms with Gasteiger partial charge in [0.25, 0.3) is 0 Å². The van der Waals surface area contributed by atoms with Crippen LogP contribution < -0.4 is 0 Å². The number of nitriles is 1. The van der Waals surface area contributed by atoms with Crippen LogP contribution in [0.15, 0.2) is 24.3 Å². The number of rotatable bonds is 4. The van der Waals surface area contributed by atoms with Crippen molar-refractivity contribution in [1.29, 1.82) is 5.26 Å². The Morgan fingerprint density at radius 1 is 1.31 bits per heavy atom. The minimum Gasteiger partial charge on any atom is -0.359 e. The van der Waals surface area contributed by atoms with Crippen LogP contribution in [0.3, 0.4) is 0 Å². The highest BCUT2D eigenvalue weighted by atomic mass is 16.7. The van der Waals surface area contributed by atoms with Crippen LogP contribution in [0.5, 0.6) is 0 Å². The topological polar surface area (TPSA) is 42.2 Å². The van der Waals surface area contributed by atoms with E-state index in [0.717, 1.165) is 5.56 Å². The van der Waals surface area contributed by atoms with E-state index >= 15 is 0 Å². The second kappa shape index (κ2) is 5.31. The van der Waals surface area contributed by atoms with Crippen LogP contribution in [0.1, 0.15) is 11.1 Å². The zero-order valence-electron chi connectivity index (χ0n) is 7.49. The summed E-state index contributed by atoms with van der Waals surface area (Å²) >= 11 is 0. The van der Waals surface area contributed by atoms with Gasteiger partial charge in [-0.2, -0.15) is 5.26 Å². The Morgan fingerprint density at radius 2 is 2.00 bits per heavy atom. The van der Waals surface area contributed by atoms with Gasteiger partial charge in [0.15, 0.2) is 0 Å². The van der Waals surface area contributed by atoms with E-state index in [1.807, 2.05) is 12.1 Å². The maximum atomic E-state index is 8.54. The van der Waals surface area contributed by atoms with Crippen LogP contribution in [-0.2, 0) is 16.1 Å². The first-order valence-electron chi connectivity index (χ1n) is 3.92. The fraction of sp³-hybridized carbons (Fsp3) is 0.300. The highest BCUT2D eigenvalue weighted by Gasteiger charge is 1.93. The molecule has 0 radical (unpaired) electrons. The zero-order valence-corrected chi connectivity index (χ0v) is 7.49. The molecule has 0 spiro atoms. The van der Waals surface area contributed by atoms with Crippen LogP contribution in [0, 0.1) is 11.3 Å². The largest absolute Gasteiger partial charge is 0.359 e. The number of benzene rings is 1. The molecule has 0 bridgehead atoms. The fourth-order valence-electron chi connectivity index (χ4n) is 0.918. The minimum absolute atomic E-state index is 0.292. The quantitative estimate of drug-likeness (QED) is 0.519. The highest BCUT2D eigenvalue weighted by molar-refractivity contribution is 5.31. The molecular weight excluding hydrogens is 166 g/mol. The maximum absolute atomic E-state index is 8.54. The first-order valence-corrected chi connectivity index (χ1v) is 3.92. The van der Waals surface area contributed by atoms with Crippen molar-refractivity contribution in [2.75, 3.05) is 13.9 Å². The van der Waals surface area contributed by atoms with Crippen molar-refractivity contribution in [2.24, 2.45) is 0 Å². The molecule has 0 aliphatic carbocycles. The van der Waals surface area contributed by atoms with Gasteiger partial charge in [-0.1, -0.05) is 12.1 Å². The first kappa shape index (κ1) is 9.72. The van der Waals surface area contributed by atoms with Crippen LogP contribution in [-0.4, -0.2) is 13.9 Å². The highest BCUT2D eigenvalue weighted by Crippen LogP contribution is 2.04. The summed E-state index contributed by atoms with van der Waals surface area (Å²) in [6.45, 7) is 0.805. The van der Waals surface area contributed by atoms with E-state index < -0.39 is 0 Å². The molecule has 1 aromatic rings. The molecular formula is C10H11NO2. The van der Waals surface area contributed by atoms with Crippen LogP contribution >= 0.6 is 0 Å². The van der Waals surface area contributed by atoms with Crippen molar-refractivity contribution in [1.82, 2.24) is 0 Å². The second-order valence-electron chi connectivity index (χ2n) is 2.56. The normalized spacial score (nSPS) is 9.54. The molecule has 1 aromatic carbocycles. The molecule has 0 saturated heterocycles. The Hall–Kier alpha value is -1.37. The van der Waals surface area contributed by atoms with Crippen molar-refractivity contribution in [3.8, 4) is 6.07 Å². The van der Waals surface area contributed by atoms with Gasteiger partial charge in [0.05, 0.1) is 18.2 Å². The molecule has 0 aliphatic heterocycles. The summed E-state index contributed by atoms with van der Waals surface area (Å²) in [7, 11) is 1.58. The predicted octanol–water partition coefficient (Wildman–Crippen LogP) is 1.68. The van der Waals surface area contributed by atoms with Gasteiger partial charge in [-0.05, 0) is 17.7 Å². The van der Waals surface area contributed by atoms with Gasteiger partial charge < -0.3 is 9.47 Å². The van der Waals surface area contributed by atoms with Gasteiger partial charge in [0.2, 0.25) is 0 Å². The average Bonchev–Trinajstić information content (AvgIpc) is 2.19. The number of hydrogen-bond donors (Lipinski definition) is 0. The van der Waals surface area contributed by atoms with Gasteiger partial charge in [-0.15, -0.1) is 0 Å². The monoisotopic (exact) mass is 177 g/mol. The van der Waals surface area contributed by atoms with E-state index in [4.69, 9.17) is 14.7 Å². The van der Waals surface area contributed by atoms with Gasteiger partial charge in [-0.3, -0.25) is 0 Å². The summed E-state index contributed by atoms with van der Waals surface area (Å²) in [6.07, 6.45) is 0. The molecule has 0 saturated carbocycles. The number of ether oxygens (including phenoxy) is 2. The molecule has 13 heavy (non-hydrogen) atoms. The third kappa shape index (κ3) is 3.24.